The zero-order chi connectivity index (χ0) is 21.7. The van der Waals surface area contributed by atoms with E-state index in [1.54, 1.807) is 31.4 Å². The molecular weight excluding hydrogens is 513 g/mol. The molecule has 0 spiro atoms. The van der Waals surface area contributed by atoms with Crippen LogP contribution in [0, 0.1) is 0 Å². The van der Waals surface area contributed by atoms with Gasteiger partial charge in [0.25, 0.3) is 11.1 Å². The maximum Gasteiger partial charge on any atom is 0.293 e. The number of hydrogen-bond donors (Lipinski definition) is 0. The molecule has 1 saturated heterocycles. The van der Waals surface area contributed by atoms with E-state index in [-0.39, 0.29) is 17.8 Å². The summed E-state index contributed by atoms with van der Waals surface area (Å²) in [5.74, 6) is 0.270. The largest absolute Gasteiger partial charge is 0.488 e. The quantitative estimate of drug-likeness (QED) is 0.291. The number of rotatable bonds is 8. The second-order valence-corrected chi connectivity index (χ2v) is 9.12. The third-order valence-corrected chi connectivity index (χ3v) is 6.38. The fourth-order valence-electron chi connectivity index (χ4n) is 2.76. The van der Waals surface area contributed by atoms with Gasteiger partial charge >= 0.3 is 0 Å². The van der Waals surface area contributed by atoms with Crippen LogP contribution in [0.2, 0.25) is 10.0 Å². The van der Waals surface area contributed by atoms with Crippen LogP contribution in [0.5, 0.6) is 5.75 Å². The molecule has 0 radical (unpaired) electrons. The first-order valence-corrected chi connectivity index (χ1v) is 11.4. The fourth-order valence-corrected chi connectivity index (χ4v) is 4.31. The molecule has 0 bridgehead atoms. The number of amides is 2. The highest BCUT2D eigenvalue weighted by molar-refractivity contribution is 9.10. The van der Waals surface area contributed by atoms with Crippen LogP contribution >= 0.6 is 50.9 Å². The van der Waals surface area contributed by atoms with E-state index in [4.69, 9.17) is 32.7 Å². The number of thioether (sulfide) groups is 1. The van der Waals surface area contributed by atoms with E-state index >= 15 is 0 Å². The molecule has 3 rings (SSSR count). The summed E-state index contributed by atoms with van der Waals surface area (Å²) in [6.45, 7) is 1.09. The van der Waals surface area contributed by atoms with Gasteiger partial charge in [-0.1, -0.05) is 45.2 Å². The first-order chi connectivity index (χ1) is 14.4. The summed E-state index contributed by atoms with van der Waals surface area (Å²) >= 11 is 16.4. The van der Waals surface area contributed by atoms with Crippen molar-refractivity contribution in [3.05, 3.63) is 66.9 Å². The number of nitrogens with zero attached hydrogens (tertiary/aromatic N) is 1. The minimum absolute atomic E-state index is 0.276. The smallest absolute Gasteiger partial charge is 0.293 e. The number of carbonyl (C=O) groups excluding carboxylic acids is 2. The molecule has 0 saturated carbocycles. The van der Waals surface area contributed by atoms with E-state index in [1.807, 2.05) is 18.2 Å². The molecule has 5 nitrogen and oxygen atoms in total. The molecule has 0 N–H and O–H groups in total. The van der Waals surface area contributed by atoms with E-state index < -0.39 is 0 Å². The Morgan fingerprint density at radius 3 is 2.67 bits per heavy atom. The molecule has 0 aliphatic carbocycles. The normalized spacial score (nSPS) is 15.3. The molecule has 0 atom stereocenters. The molecule has 9 heteroatoms. The van der Waals surface area contributed by atoms with Crippen LogP contribution in [0.25, 0.3) is 6.08 Å². The SMILES string of the molecule is COCCCN1C(=O)S/C(=C/c2cc(Br)ccc2OCc2ccc(Cl)c(Cl)c2)C1=O. The highest BCUT2D eigenvalue weighted by Gasteiger charge is 2.34. The van der Waals surface area contributed by atoms with Gasteiger partial charge in [-0.25, -0.2) is 0 Å². The number of carbonyl (C=O) groups is 2. The van der Waals surface area contributed by atoms with Crippen molar-refractivity contribution < 1.29 is 19.1 Å². The Bertz CT molecular complexity index is 999. The van der Waals surface area contributed by atoms with Gasteiger partial charge in [0.05, 0.1) is 15.0 Å². The third-order valence-electron chi connectivity index (χ3n) is 4.24. The van der Waals surface area contributed by atoms with Crippen molar-refractivity contribution in [2.45, 2.75) is 13.0 Å². The Kier molecular flexibility index (Phi) is 8.25. The van der Waals surface area contributed by atoms with Crippen LogP contribution in [-0.2, 0) is 16.1 Å². The van der Waals surface area contributed by atoms with E-state index in [9.17, 15) is 9.59 Å². The molecule has 158 valence electrons. The van der Waals surface area contributed by atoms with E-state index in [0.29, 0.717) is 45.8 Å². The van der Waals surface area contributed by atoms with Gasteiger partial charge in [0.2, 0.25) is 0 Å². The number of hydrogen-bond acceptors (Lipinski definition) is 5. The minimum atomic E-state index is -0.309. The van der Waals surface area contributed by atoms with Crippen molar-refractivity contribution in [2.75, 3.05) is 20.3 Å². The lowest BCUT2D eigenvalue weighted by Gasteiger charge is -2.12. The molecular formula is C21H18BrCl2NO4S. The molecule has 0 unspecified atom stereocenters. The Morgan fingerprint density at radius 2 is 1.93 bits per heavy atom. The monoisotopic (exact) mass is 529 g/mol. The van der Waals surface area contributed by atoms with E-state index in [2.05, 4.69) is 15.9 Å². The number of ether oxygens (including phenoxy) is 2. The van der Waals surface area contributed by atoms with Gasteiger partial charge in [-0.2, -0.15) is 0 Å². The first kappa shape index (κ1) is 23.2. The van der Waals surface area contributed by atoms with Crippen LogP contribution in [0.15, 0.2) is 45.8 Å². The maximum absolute atomic E-state index is 12.7. The zero-order valence-electron chi connectivity index (χ0n) is 16.0. The van der Waals surface area contributed by atoms with Gasteiger partial charge in [-0.3, -0.25) is 14.5 Å². The second-order valence-electron chi connectivity index (χ2n) is 6.40. The van der Waals surface area contributed by atoms with Crippen LogP contribution in [0.1, 0.15) is 17.5 Å². The molecule has 2 aromatic rings. The van der Waals surface area contributed by atoms with Crippen LogP contribution in [-0.4, -0.2) is 36.3 Å². The topological polar surface area (TPSA) is 55.8 Å². The van der Waals surface area contributed by atoms with Gasteiger partial charge < -0.3 is 9.47 Å². The third kappa shape index (κ3) is 5.80. The van der Waals surface area contributed by atoms with Crippen molar-refractivity contribution >= 4 is 68.1 Å². The van der Waals surface area contributed by atoms with Crippen molar-refractivity contribution in [3.63, 3.8) is 0 Å². The van der Waals surface area contributed by atoms with Gasteiger partial charge in [0.15, 0.2) is 0 Å². The number of methoxy groups -OCH3 is 1. The lowest BCUT2D eigenvalue weighted by molar-refractivity contribution is -0.122. The Morgan fingerprint density at radius 1 is 1.13 bits per heavy atom. The molecule has 1 heterocycles. The maximum atomic E-state index is 12.7. The predicted molar refractivity (Wildman–Crippen MR) is 124 cm³/mol. The number of benzene rings is 2. The standard InChI is InChI=1S/C21H18BrCl2NO4S/c1-28-8-2-7-25-20(26)19(30-21(25)27)11-14-10-15(22)4-6-18(14)29-12-13-3-5-16(23)17(24)9-13/h3-6,9-11H,2,7-8,12H2,1H3/b19-11+. The van der Waals surface area contributed by atoms with E-state index in [0.717, 1.165) is 21.8 Å². The summed E-state index contributed by atoms with van der Waals surface area (Å²) in [5.41, 5.74) is 1.54. The summed E-state index contributed by atoms with van der Waals surface area (Å²) in [4.78, 5) is 26.5. The summed E-state index contributed by atoms with van der Waals surface area (Å²) in [5, 5.41) is 0.650. The highest BCUT2D eigenvalue weighted by Crippen LogP contribution is 2.35. The molecule has 30 heavy (non-hydrogen) atoms. The average Bonchev–Trinajstić information content (AvgIpc) is 2.97. The number of halogens is 3. The lowest BCUT2D eigenvalue weighted by atomic mass is 10.1. The fraction of sp³-hybridized carbons (Fsp3) is 0.238. The zero-order valence-corrected chi connectivity index (χ0v) is 19.9. The molecule has 1 fully saturated rings. The summed E-state index contributed by atoms with van der Waals surface area (Å²) < 4.78 is 11.8. The van der Waals surface area contributed by atoms with Gasteiger partial charge in [0.1, 0.15) is 12.4 Å². The average molecular weight is 531 g/mol. The van der Waals surface area contributed by atoms with Crippen LogP contribution in [0.3, 0.4) is 0 Å². The Balaban J connectivity index is 1.78. The van der Waals surface area contributed by atoms with Crippen LogP contribution < -0.4 is 4.74 Å². The summed E-state index contributed by atoms with van der Waals surface area (Å²) in [7, 11) is 1.58. The second kappa shape index (κ2) is 10.7. The van der Waals surface area contributed by atoms with Gasteiger partial charge in [0, 0.05) is 30.3 Å². The highest BCUT2D eigenvalue weighted by atomic mass is 79.9. The first-order valence-electron chi connectivity index (χ1n) is 8.99. The van der Waals surface area contributed by atoms with Gasteiger partial charge in [-0.15, -0.1) is 0 Å². The minimum Gasteiger partial charge on any atom is -0.488 e. The summed E-state index contributed by atoms with van der Waals surface area (Å²) in [6, 6.07) is 10.8. The van der Waals surface area contributed by atoms with Crippen molar-refractivity contribution in [3.8, 4) is 5.75 Å². The van der Waals surface area contributed by atoms with Crippen molar-refractivity contribution in [1.29, 1.82) is 0 Å². The Hall–Kier alpha value is -1.51. The van der Waals surface area contributed by atoms with Crippen LogP contribution in [0.4, 0.5) is 4.79 Å². The molecule has 1 aliphatic heterocycles. The molecule has 0 aromatic heterocycles. The van der Waals surface area contributed by atoms with E-state index in [1.165, 1.54) is 4.90 Å². The van der Waals surface area contributed by atoms with Crippen molar-refractivity contribution in [1.82, 2.24) is 4.90 Å². The number of imide groups is 1. The molecule has 2 aromatic carbocycles. The predicted octanol–water partition coefficient (Wildman–Crippen LogP) is 6.41. The Labute approximate surface area is 197 Å². The summed E-state index contributed by atoms with van der Waals surface area (Å²) in [6.07, 6.45) is 2.27. The van der Waals surface area contributed by atoms with Crippen molar-refractivity contribution in [2.24, 2.45) is 0 Å². The molecule has 2 amide bonds. The lowest BCUT2D eigenvalue weighted by Crippen LogP contribution is -2.29. The van der Waals surface area contributed by atoms with Gasteiger partial charge in [-0.05, 0) is 60.2 Å². The molecule has 1 aliphatic rings.